The van der Waals surface area contributed by atoms with Gasteiger partial charge >= 0.3 is 0 Å². The highest BCUT2D eigenvalue weighted by molar-refractivity contribution is 6.48. The van der Waals surface area contributed by atoms with Gasteiger partial charge < -0.3 is 4.74 Å². The molecular formula is C12H5Cl5O. The van der Waals surface area contributed by atoms with Gasteiger partial charge in [0.05, 0.1) is 15.1 Å². The fraction of sp³-hybridized carbons (Fsp3) is 0. The van der Waals surface area contributed by atoms with Gasteiger partial charge in [0.15, 0.2) is 0 Å². The van der Waals surface area contributed by atoms with Crippen LogP contribution in [0.5, 0.6) is 11.5 Å². The summed E-state index contributed by atoms with van der Waals surface area (Å²) in [6, 6.07) is 7.99. The summed E-state index contributed by atoms with van der Waals surface area (Å²) in [5, 5.41) is 1.86. The third-order valence-electron chi connectivity index (χ3n) is 2.03. The first kappa shape index (κ1) is 14.1. The van der Waals surface area contributed by atoms with Gasteiger partial charge in [-0.2, -0.15) is 0 Å². The Morgan fingerprint density at radius 3 is 1.56 bits per heavy atom. The molecule has 0 radical (unpaired) electrons. The van der Waals surface area contributed by atoms with E-state index >= 15 is 0 Å². The summed E-state index contributed by atoms with van der Waals surface area (Å²) in [6.45, 7) is 0. The lowest BCUT2D eigenvalue weighted by Crippen LogP contribution is -1.85. The molecule has 0 aliphatic heterocycles. The van der Waals surface area contributed by atoms with E-state index in [2.05, 4.69) is 0 Å². The maximum absolute atomic E-state index is 5.90. The van der Waals surface area contributed by atoms with Crippen LogP contribution >= 0.6 is 58.0 Å². The first-order chi connectivity index (χ1) is 8.45. The molecule has 18 heavy (non-hydrogen) atoms. The molecule has 2 rings (SSSR count). The Balaban J connectivity index is 2.34. The molecular weight excluding hydrogens is 337 g/mol. The van der Waals surface area contributed by atoms with Crippen molar-refractivity contribution in [1.29, 1.82) is 0 Å². The highest BCUT2D eigenvalue weighted by Gasteiger charge is 2.08. The molecule has 0 atom stereocenters. The molecule has 0 N–H and O–H groups in total. The van der Waals surface area contributed by atoms with Crippen LogP contribution in [-0.4, -0.2) is 0 Å². The lowest BCUT2D eigenvalue weighted by molar-refractivity contribution is 0.483. The molecule has 0 fully saturated rings. The molecule has 0 heterocycles. The average molecular weight is 342 g/mol. The van der Waals surface area contributed by atoms with Crippen LogP contribution in [0.25, 0.3) is 0 Å². The number of halogens is 5. The van der Waals surface area contributed by atoms with Crippen LogP contribution in [0.2, 0.25) is 25.1 Å². The number of hydrogen-bond acceptors (Lipinski definition) is 1. The molecule has 0 amide bonds. The molecule has 0 saturated carbocycles. The van der Waals surface area contributed by atoms with Crippen molar-refractivity contribution in [2.75, 3.05) is 0 Å². The SMILES string of the molecule is Clc1cc(Cl)cc(Oc2cc(Cl)c(Cl)c(Cl)c2)c1. The summed E-state index contributed by atoms with van der Waals surface area (Å²) >= 11 is 29.4. The fourth-order valence-electron chi connectivity index (χ4n) is 1.31. The van der Waals surface area contributed by atoms with E-state index in [1.54, 1.807) is 30.3 Å². The molecule has 2 aromatic rings. The first-order valence-corrected chi connectivity index (χ1v) is 6.63. The highest BCUT2D eigenvalue weighted by Crippen LogP contribution is 2.36. The first-order valence-electron chi connectivity index (χ1n) is 4.74. The third kappa shape index (κ3) is 3.37. The summed E-state index contributed by atoms with van der Waals surface area (Å²) in [6.07, 6.45) is 0. The van der Waals surface area contributed by atoms with Gasteiger partial charge in [-0.3, -0.25) is 0 Å². The lowest BCUT2D eigenvalue weighted by Gasteiger charge is -2.08. The number of benzene rings is 2. The van der Waals surface area contributed by atoms with E-state index in [0.29, 0.717) is 31.6 Å². The van der Waals surface area contributed by atoms with Gasteiger partial charge in [0.2, 0.25) is 0 Å². The minimum absolute atomic E-state index is 0.287. The second-order valence-electron chi connectivity index (χ2n) is 3.41. The minimum Gasteiger partial charge on any atom is -0.457 e. The fourth-order valence-corrected chi connectivity index (χ4v) is 2.40. The van der Waals surface area contributed by atoms with E-state index in [9.17, 15) is 0 Å². The Kier molecular flexibility index (Phi) is 4.52. The van der Waals surface area contributed by atoms with Crippen molar-refractivity contribution in [2.45, 2.75) is 0 Å². The number of ether oxygens (including phenoxy) is 1. The summed E-state index contributed by atoms with van der Waals surface area (Å²) in [7, 11) is 0. The van der Waals surface area contributed by atoms with E-state index in [1.165, 1.54) is 0 Å². The van der Waals surface area contributed by atoms with Crippen LogP contribution < -0.4 is 4.74 Å². The predicted molar refractivity (Wildman–Crippen MR) is 78.0 cm³/mol. The molecule has 0 saturated heterocycles. The molecule has 0 spiro atoms. The molecule has 6 heteroatoms. The smallest absolute Gasteiger partial charge is 0.130 e. The van der Waals surface area contributed by atoms with Crippen molar-refractivity contribution in [3.05, 3.63) is 55.4 Å². The Bertz CT molecular complexity index is 554. The van der Waals surface area contributed by atoms with Crippen molar-refractivity contribution >= 4 is 58.0 Å². The normalized spacial score (nSPS) is 10.5. The quantitative estimate of drug-likeness (QED) is 0.549. The number of rotatable bonds is 2. The van der Waals surface area contributed by atoms with Gasteiger partial charge in [-0.15, -0.1) is 0 Å². The van der Waals surface area contributed by atoms with E-state index < -0.39 is 0 Å². The molecule has 0 aliphatic rings. The Labute approximate surface area is 129 Å². The van der Waals surface area contributed by atoms with Crippen molar-refractivity contribution in [1.82, 2.24) is 0 Å². The molecule has 0 bridgehead atoms. The summed E-state index contributed by atoms with van der Waals surface area (Å²) < 4.78 is 5.56. The highest BCUT2D eigenvalue weighted by atomic mass is 35.5. The number of hydrogen-bond donors (Lipinski definition) is 0. The molecule has 1 nitrogen and oxygen atoms in total. The third-order valence-corrected chi connectivity index (χ3v) is 3.66. The van der Waals surface area contributed by atoms with Crippen LogP contribution in [0, 0.1) is 0 Å². The molecule has 0 aliphatic carbocycles. The Hall–Kier alpha value is -0.310. The van der Waals surface area contributed by atoms with Gasteiger partial charge in [0.25, 0.3) is 0 Å². The molecule has 2 aromatic carbocycles. The van der Waals surface area contributed by atoms with Gasteiger partial charge in [0, 0.05) is 22.2 Å². The topological polar surface area (TPSA) is 9.23 Å². The summed E-state index contributed by atoms with van der Waals surface area (Å²) in [5.74, 6) is 0.940. The monoisotopic (exact) mass is 340 g/mol. The van der Waals surface area contributed by atoms with Gasteiger partial charge in [-0.1, -0.05) is 58.0 Å². The van der Waals surface area contributed by atoms with Gasteiger partial charge in [0.1, 0.15) is 11.5 Å². The van der Waals surface area contributed by atoms with Crippen LogP contribution in [-0.2, 0) is 0 Å². The molecule has 0 unspecified atom stereocenters. The second kappa shape index (κ2) is 5.77. The van der Waals surface area contributed by atoms with Crippen LogP contribution in [0.4, 0.5) is 0 Å². The largest absolute Gasteiger partial charge is 0.457 e. The zero-order valence-corrected chi connectivity index (χ0v) is 12.5. The summed E-state index contributed by atoms with van der Waals surface area (Å²) in [5.41, 5.74) is 0. The minimum atomic E-state index is 0.287. The Morgan fingerprint density at radius 2 is 1.06 bits per heavy atom. The van der Waals surface area contributed by atoms with Crippen molar-refractivity contribution < 1.29 is 4.74 Å². The molecule has 94 valence electrons. The second-order valence-corrected chi connectivity index (χ2v) is 5.47. The predicted octanol–water partition coefficient (Wildman–Crippen LogP) is 6.75. The van der Waals surface area contributed by atoms with Gasteiger partial charge in [-0.05, 0) is 18.2 Å². The van der Waals surface area contributed by atoms with E-state index in [1.807, 2.05) is 0 Å². The summed E-state index contributed by atoms with van der Waals surface area (Å²) in [4.78, 5) is 0. The molecule has 0 aromatic heterocycles. The van der Waals surface area contributed by atoms with Crippen molar-refractivity contribution in [3.8, 4) is 11.5 Å². The van der Waals surface area contributed by atoms with Crippen LogP contribution in [0.15, 0.2) is 30.3 Å². The maximum atomic E-state index is 5.90. The van der Waals surface area contributed by atoms with E-state index in [4.69, 9.17) is 62.7 Å². The van der Waals surface area contributed by atoms with Gasteiger partial charge in [-0.25, -0.2) is 0 Å². The van der Waals surface area contributed by atoms with E-state index in [-0.39, 0.29) is 5.02 Å². The van der Waals surface area contributed by atoms with Crippen LogP contribution in [0.3, 0.4) is 0 Å². The zero-order valence-electron chi connectivity index (χ0n) is 8.68. The van der Waals surface area contributed by atoms with Crippen molar-refractivity contribution in [3.63, 3.8) is 0 Å². The Morgan fingerprint density at radius 1 is 0.611 bits per heavy atom. The maximum Gasteiger partial charge on any atom is 0.130 e. The lowest BCUT2D eigenvalue weighted by atomic mass is 10.3. The average Bonchev–Trinajstić information content (AvgIpc) is 2.24. The van der Waals surface area contributed by atoms with Crippen molar-refractivity contribution in [2.24, 2.45) is 0 Å². The van der Waals surface area contributed by atoms with Crippen LogP contribution in [0.1, 0.15) is 0 Å². The van der Waals surface area contributed by atoms with E-state index in [0.717, 1.165) is 0 Å². The zero-order chi connectivity index (χ0) is 13.3. The standard InChI is InChI=1S/C12H5Cl5O/c13-6-1-7(14)3-8(2-6)18-9-4-10(15)12(17)11(16)5-9/h1-5H.